The number of anilines is 1. The highest BCUT2D eigenvalue weighted by molar-refractivity contribution is 6.07. The summed E-state index contributed by atoms with van der Waals surface area (Å²) >= 11 is 0. The van der Waals surface area contributed by atoms with Gasteiger partial charge in [-0.25, -0.2) is 9.97 Å². The standard InChI is InChI=1S/C40H34N6O6/c1-18(2)31-38-45-33-34(52-38)40-24-7-3-6-22(21-5-4-8-26-30(21)23(15-41-26)29-16-42-37(33)50-29)32(24)46-39(40)51-28-10-9-19(13-25(28)40)14-27(36(48)44-31)43-35(47)20-11-12-49-17-20/h3-10,13,15-16,18,20,27,31,39,41,46H,11-12,14,17H2,1-2H3,(H,43,47)(H,44,48)/t20-,27+,31+,39?,40?/m1/s1. The van der Waals surface area contributed by atoms with Gasteiger partial charge >= 0.3 is 0 Å². The van der Waals surface area contributed by atoms with Crippen LogP contribution in [-0.2, 0) is 26.2 Å². The molecule has 3 aromatic carbocycles. The van der Waals surface area contributed by atoms with E-state index in [1.165, 1.54) is 0 Å². The third-order valence-electron chi connectivity index (χ3n) is 11.4. The van der Waals surface area contributed by atoms with E-state index in [1.807, 2.05) is 38.2 Å². The number of hydrogen-bond donors (Lipinski definition) is 4. The van der Waals surface area contributed by atoms with Crippen LogP contribution in [0.15, 0.2) is 75.8 Å². The SMILES string of the molecule is CC(C)[C@@H]1NC(=O)[C@@H](NC(=O)[C@@H]2CCOC2)Cc2ccc3c(c2)C24c5cccc(c5NC2O3)-c2cccc3[nH]cc(c23)-c2cnc(o2)-c2nc1oc24. The fourth-order valence-corrected chi connectivity index (χ4v) is 8.89. The van der Waals surface area contributed by atoms with Gasteiger partial charge in [-0.3, -0.25) is 9.59 Å². The number of aromatic amines is 1. The molecule has 5 aliphatic rings. The fourth-order valence-electron chi connectivity index (χ4n) is 8.89. The molecule has 1 fully saturated rings. The van der Waals surface area contributed by atoms with E-state index in [-0.39, 0.29) is 30.1 Å². The lowest BCUT2D eigenvalue weighted by molar-refractivity contribution is -0.131. The number of ether oxygens (including phenoxy) is 2. The van der Waals surface area contributed by atoms with Crippen LogP contribution in [0, 0.1) is 11.8 Å². The second-order valence-corrected chi connectivity index (χ2v) is 14.8. The number of rotatable bonds is 3. The van der Waals surface area contributed by atoms with Crippen LogP contribution in [-0.4, -0.2) is 52.2 Å². The number of aromatic nitrogens is 3. The number of para-hydroxylation sites is 1. The summed E-state index contributed by atoms with van der Waals surface area (Å²) in [6.45, 7) is 4.87. The van der Waals surface area contributed by atoms with Crippen molar-refractivity contribution < 1.29 is 27.9 Å². The summed E-state index contributed by atoms with van der Waals surface area (Å²) in [6.07, 6.45) is 3.95. The zero-order valence-electron chi connectivity index (χ0n) is 28.4. The molecule has 260 valence electrons. The van der Waals surface area contributed by atoms with Crippen LogP contribution >= 0.6 is 0 Å². The Hall–Kier alpha value is -5.88. The Labute approximate surface area is 297 Å². The van der Waals surface area contributed by atoms with Crippen molar-refractivity contribution in [1.29, 1.82) is 0 Å². The van der Waals surface area contributed by atoms with E-state index in [0.29, 0.717) is 54.4 Å². The van der Waals surface area contributed by atoms with Gasteiger partial charge < -0.3 is 39.2 Å². The smallest absolute Gasteiger partial charge is 0.249 e. The molecule has 0 saturated carbocycles. The average Bonchev–Trinajstić information content (AvgIpc) is 3.99. The highest BCUT2D eigenvalue weighted by Gasteiger charge is 2.61. The van der Waals surface area contributed by atoms with E-state index in [4.69, 9.17) is 28.3 Å². The van der Waals surface area contributed by atoms with Crippen molar-refractivity contribution in [1.82, 2.24) is 25.6 Å². The summed E-state index contributed by atoms with van der Waals surface area (Å²) in [4.78, 5) is 41.0. The van der Waals surface area contributed by atoms with Crippen molar-refractivity contribution in [2.75, 3.05) is 18.5 Å². The molecule has 0 radical (unpaired) electrons. The summed E-state index contributed by atoms with van der Waals surface area (Å²) in [5.41, 5.74) is 6.91. The summed E-state index contributed by atoms with van der Waals surface area (Å²) in [7, 11) is 0. The number of amides is 2. The molecule has 1 saturated heterocycles. The number of carbonyl (C=O) groups excluding carboxylic acids is 2. The van der Waals surface area contributed by atoms with Crippen LogP contribution in [0.5, 0.6) is 5.75 Å². The quantitative estimate of drug-likeness (QED) is 0.179. The molecular weight excluding hydrogens is 660 g/mol. The molecular formula is C40H34N6O6. The first-order valence-corrected chi connectivity index (χ1v) is 17.9. The average molecular weight is 695 g/mol. The van der Waals surface area contributed by atoms with E-state index in [2.05, 4.69) is 57.3 Å². The lowest BCUT2D eigenvalue weighted by Gasteiger charge is -2.29. The van der Waals surface area contributed by atoms with Gasteiger partial charge in [-0.1, -0.05) is 56.3 Å². The predicted octanol–water partition coefficient (Wildman–Crippen LogP) is 5.83. The molecule has 0 aliphatic carbocycles. The minimum absolute atomic E-state index is 0.127. The van der Waals surface area contributed by atoms with Crippen molar-refractivity contribution in [2.45, 2.75) is 50.4 Å². The Balaban J connectivity index is 1.20. The van der Waals surface area contributed by atoms with Crippen molar-refractivity contribution in [3.63, 3.8) is 0 Å². The largest absolute Gasteiger partial charge is 0.469 e. The maximum atomic E-state index is 14.2. The molecule has 2 unspecified atom stereocenters. The van der Waals surface area contributed by atoms with Crippen molar-refractivity contribution in [3.8, 4) is 39.8 Å². The van der Waals surface area contributed by atoms with E-state index in [1.54, 1.807) is 6.20 Å². The molecule has 5 atom stereocenters. The summed E-state index contributed by atoms with van der Waals surface area (Å²) in [6, 6.07) is 17.0. The number of fused-ring (bicyclic) bond motifs is 7. The van der Waals surface area contributed by atoms with Gasteiger partial charge in [0.15, 0.2) is 23.4 Å². The number of nitrogens with one attached hydrogen (secondary N) is 4. The van der Waals surface area contributed by atoms with Crippen LogP contribution in [0.2, 0.25) is 0 Å². The van der Waals surface area contributed by atoms with E-state index in [9.17, 15) is 9.59 Å². The maximum absolute atomic E-state index is 14.2. The third kappa shape index (κ3) is 3.95. The molecule has 10 bridgehead atoms. The van der Waals surface area contributed by atoms with Crippen LogP contribution in [0.25, 0.3) is 44.9 Å². The second-order valence-electron chi connectivity index (χ2n) is 14.8. The second kappa shape index (κ2) is 10.6. The molecule has 12 nitrogen and oxygen atoms in total. The Bertz CT molecular complexity index is 2490. The first-order valence-electron chi connectivity index (χ1n) is 17.9. The molecule has 52 heavy (non-hydrogen) atoms. The first kappa shape index (κ1) is 29.8. The maximum Gasteiger partial charge on any atom is 0.249 e. The van der Waals surface area contributed by atoms with Crippen LogP contribution < -0.4 is 20.7 Å². The van der Waals surface area contributed by atoms with E-state index in [0.717, 1.165) is 50.0 Å². The molecule has 3 aromatic heterocycles. The van der Waals surface area contributed by atoms with Crippen molar-refractivity contribution >= 4 is 28.4 Å². The monoisotopic (exact) mass is 694 g/mol. The lowest BCUT2D eigenvalue weighted by atomic mass is 9.72. The van der Waals surface area contributed by atoms with Gasteiger partial charge in [-0.15, -0.1) is 0 Å². The van der Waals surface area contributed by atoms with Crippen molar-refractivity contribution in [2.24, 2.45) is 11.8 Å². The molecule has 6 aromatic rings. The molecule has 8 heterocycles. The normalized spacial score (nSPS) is 24.8. The summed E-state index contributed by atoms with van der Waals surface area (Å²) in [5, 5.41) is 11.1. The highest BCUT2D eigenvalue weighted by atomic mass is 16.5. The van der Waals surface area contributed by atoms with E-state index < -0.39 is 23.7 Å². The number of nitrogens with zero attached hydrogens (tertiary/aromatic N) is 2. The van der Waals surface area contributed by atoms with Gasteiger partial charge in [-0.2, -0.15) is 0 Å². The van der Waals surface area contributed by atoms with Crippen LogP contribution in [0.4, 0.5) is 5.69 Å². The Morgan fingerprint density at radius 1 is 1.02 bits per heavy atom. The van der Waals surface area contributed by atoms with Gasteiger partial charge in [-0.05, 0) is 35.6 Å². The fraction of sp³-hybridized carbons (Fsp3) is 0.300. The zero-order chi connectivity index (χ0) is 34.9. The van der Waals surface area contributed by atoms with Gasteiger partial charge in [0.05, 0.1) is 18.7 Å². The minimum Gasteiger partial charge on any atom is -0.469 e. The summed E-state index contributed by atoms with van der Waals surface area (Å²) in [5.74, 6) is 1.44. The first-order chi connectivity index (χ1) is 25.4. The van der Waals surface area contributed by atoms with Gasteiger partial charge in [0.25, 0.3) is 0 Å². The lowest BCUT2D eigenvalue weighted by Crippen LogP contribution is -2.51. The number of hydrogen-bond acceptors (Lipinski definition) is 9. The number of H-pyrrole nitrogens is 1. The molecule has 12 heteroatoms. The number of benzene rings is 3. The molecule has 5 aliphatic heterocycles. The van der Waals surface area contributed by atoms with Gasteiger partial charge in [0, 0.05) is 58.1 Å². The zero-order valence-corrected chi connectivity index (χ0v) is 28.4. The van der Waals surface area contributed by atoms with Gasteiger partial charge in [0.2, 0.25) is 23.6 Å². The van der Waals surface area contributed by atoms with Crippen LogP contribution in [0.3, 0.4) is 0 Å². The minimum atomic E-state index is -1.02. The molecule has 4 N–H and O–H groups in total. The van der Waals surface area contributed by atoms with E-state index >= 15 is 0 Å². The topological polar surface area (TPSA) is 157 Å². The molecule has 2 amide bonds. The number of carbonyl (C=O) groups is 2. The molecule has 11 rings (SSSR count). The molecule has 1 spiro atoms. The Morgan fingerprint density at radius 3 is 2.77 bits per heavy atom. The van der Waals surface area contributed by atoms with Crippen molar-refractivity contribution in [3.05, 3.63) is 95.3 Å². The highest BCUT2D eigenvalue weighted by Crippen LogP contribution is 2.61. The summed E-state index contributed by atoms with van der Waals surface area (Å²) < 4.78 is 26.0. The Morgan fingerprint density at radius 2 is 1.90 bits per heavy atom. The number of oxazole rings is 2. The Kier molecular flexibility index (Phi) is 6.06. The van der Waals surface area contributed by atoms with Crippen LogP contribution in [0.1, 0.15) is 54.7 Å². The van der Waals surface area contributed by atoms with Gasteiger partial charge in [0.1, 0.15) is 23.2 Å². The third-order valence-corrected chi connectivity index (χ3v) is 11.4. The predicted molar refractivity (Wildman–Crippen MR) is 189 cm³/mol.